The minimum Gasteiger partial charge on any atom is -0.208 e. The van der Waals surface area contributed by atoms with Gasteiger partial charge in [0, 0.05) is 16.7 Å². The van der Waals surface area contributed by atoms with Crippen LogP contribution in [-0.2, 0) is 10.8 Å². The molecule has 2 spiro atoms. The van der Waals surface area contributed by atoms with Crippen LogP contribution in [-0.4, -0.2) is 15.0 Å². The molecule has 3 aliphatic rings. The summed E-state index contributed by atoms with van der Waals surface area (Å²) in [5, 5.41) is 0. The van der Waals surface area contributed by atoms with E-state index < -0.39 is 10.8 Å². The van der Waals surface area contributed by atoms with Gasteiger partial charge in [-0.15, -0.1) is 0 Å². The van der Waals surface area contributed by atoms with Crippen LogP contribution in [0, 0.1) is 0 Å². The monoisotopic (exact) mass is 711 g/mol. The normalized spacial score (nSPS) is 14.4. The molecule has 0 amide bonds. The van der Waals surface area contributed by atoms with Crippen LogP contribution in [0.5, 0.6) is 0 Å². The van der Waals surface area contributed by atoms with Crippen LogP contribution in [0.15, 0.2) is 200 Å². The molecular weight excluding hydrogens is 679 g/mol. The number of nitrogens with zero attached hydrogens (tertiary/aromatic N) is 3. The van der Waals surface area contributed by atoms with Gasteiger partial charge in [0.1, 0.15) is 0 Å². The Morgan fingerprint density at radius 1 is 0.232 bits per heavy atom. The van der Waals surface area contributed by atoms with Crippen LogP contribution in [0.2, 0.25) is 0 Å². The Labute approximate surface area is 325 Å². The lowest BCUT2D eigenvalue weighted by Gasteiger charge is -2.49. The van der Waals surface area contributed by atoms with E-state index in [1.165, 1.54) is 66.8 Å². The molecule has 0 fully saturated rings. The average molecular weight is 712 g/mol. The fraction of sp³-hybridized carbons (Fsp3) is 0.0377. The van der Waals surface area contributed by atoms with E-state index in [0.29, 0.717) is 17.5 Å². The molecule has 3 aliphatic carbocycles. The van der Waals surface area contributed by atoms with Gasteiger partial charge in [-0.3, -0.25) is 0 Å². The van der Waals surface area contributed by atoms with E-state index in [9.17, 15) is 0 Å². The van der Waals surface area contributed by atoms with Crippen molar-refractivity contribution in [1.82, 2.24) is 15.0 Å². The van der Waals surface area contributed by atoms with E-state index in [2.05, 4.69) is 164 Å². The Hall–Kier alpha value is -7.23. The lowest BCUT2D eigenvalue weighted by Crippen LogP contribution is -2.43. The Kier molecular flexibility index (Phi) is 6.47. The molecule has 1 aromatic heterocycles. The third-order valence-electron chi connectivity index (χ3n) is 12.4. The Morgan fingerprint density at radius 2 is 0.536 bits per heavy atom. The van der Waals surface area contributed by atoms with E-state index in [1.54, 1.807) is 0 Å². The highest BCUT2D eigenvalue weighted by Crippen LogP contribution is 2.67. The molecule has 0 N–H and O–H groups in total. The predicted octanol–water partition coefficient (Wildman–Crippen LogP) is 11.9. The van der Waals surface area contributed by atoms with Crippen LogP contribution in [0.3, 0.4) is 0 Å². The van der Waals surface area contributed by atoms with Gasteiger partial charge < -0.3 is 0 Å². The number of hydrogen-bond donors (Lipinski definition) is 0. The Balaban J connectivity index is 1.23. The number of fused-ring (bicyclic) bond motifs is 16. The lowest BCUT2D eigenvalue weighted by atomic mass is 9.52. The highest BCUT2D eigenvalue weighted by atomic mass is 15.0. The van der Waals surface area contributed by atoms with Crippen molar-refractivity contribution < 1.29 is 0 Å². The van der Waals surface area contributed by atoms with Crippen molar-refractivity contribution in [2.75, 3.05) is 0 Å². The first-order valence-electron chi connectivity index (χ1n) is 19.3. The topological polar surface area (TPSA) is 38.7 Å². The summed E-state index contributed by atoms with van der Waals surface area (Å²) in [5.41, 5.74) is 17.2. The van der Waals surface area contributed by atoms with Crippen molar-refractivity contribution >= 4 is 0 Å². The summed E-state index contributed by atoms with van der Waals surface area (Å²) in [7, 11) is 0. The smallest absolute Gasteiger partial charge is 0.164 e. The fourth-order valence-corrected chi connectivity index (χ4v) is 10.3. The van der Waals surface area contributed by atoms with Crippen molar-refractivity contribution in [3.8, 4) is 56.4 Å². The maximum Gasteiger partial charge on any atom is 0.164 e. The van der Waals surface area contributed by atoms with Crippen molar-refractivity contribution in [1.29, 1.82) is 0 Å². The SMILES string of the molecule is c1ccc(-c2nc(-c3ccccc3)nc(-c3ccc4c(c3)C3(c5ccccc5-c5ccccc53)c3ccccc3C43c4ccccc4-c4ccccc43)n2)cc1. The summed E-state index contributed by atoms with van der Waals surface area (Å²) in [4.78, 5) is 15.5. The number of hydrogen-bond acceptors (Lipinski definition) is 3. The molecular formula is C53H33N3. The van der Waals surface area contributed by atoms with Crippen molar-refractivity contribution in [3.63, 3.8) is 0 Å². The third kappa shape index (κ3) is 3.99. The summed E-state index contributed by atoms with van der Waals surface area (Å²) < 4.78 is 0. The van der Waals surface area contributed by atoms with E-state index in [-0.39, 0.29) is 0 Å². The molecule has 56 heavy (non-hydrogen) atoms. The standard InChI is InChI=1S/C53H33N3/c1-3-17-34(18-4-1)49-54-50(35-19-5-2-6-20-35)56-51(55-49)36-31-32-47-48(33-36)53(43-27-13-9-23-39(43)40-24-10-14-28-44(40)53)46-30-16-15-29-45(46)52(47)41-25-11-7-21-37(41)38-22-8-12-26-42(38)52/h1-33H. The number of rotatable bonds is 3. The molecule has 0 atom stereocenters. The van der Waals surface area contributed by atoms with E-state index in [4.69, 9.17) is 15.0 Å². The first kappa shape index (κ1) is 31.2. The average Bonchev–Trinajstić information content (AvgIpc) is 3.75. The van der Waals surface area contributed by atoms with Crippen LogP contribution in [0.4, 0.5) is 0 Å². The minimum absolute atomic E-state index is 0.543. The molecule has 3 nitrogen and oxygen atoms in total. The van der Waals surface area contributed by atoms with Crippen LogP contribution >= 0.6 is 0 Å². The van der Waals surface area contributed by atoms with Crippen LogP contribution < -0.4 is 0 Å². The molecule has 9 aromatic rings. The first-order chi connectivity index (χ1) is 27.8. The van der Waals surface area contributed by atoms with Gasteiger partial charge in [0.05, 0.1) is 10.8 Å². The molecule has 0 saturated heterocycles. The van der Waals surface area contributed by atoms with Gasteiger partial charge >= 0.3 is 0 Å². The molecule has 260 valence electrons. The van der Waals surface area contributed by atoms with Gasteiger partial charge in [0.2, 0.25) is 0 Å². The highest BCUT2D eigenvalue weighted by Gasteiger charge is 2.58. The van der Waals surface area contributed by atoms with Gasteiger partial charge in [-0.1, -0.05) is 194 Å². The Bertz CT molecular complexity index is 2890. The fourth-order valence-electron chi connectivity index (χ4n) is 10.3. The molecule has 0 saturated carbocycles. The number of aromatic nitrogens is 3. The zero-order valence-electron chi connectivity index (χ0n) is 30.4. The van der Waals surface area contributed by atoms with Crippen molar-refractivity contribution in [2.24, 2.45) is 0 Å². The molecule has 0 aliphatic heterocycles. The molecule has 8 aromatic carbocycles. The summed E-state index contributed by atoms with van der Waals surface area (Å²) >= 11 is 0. The summed E-state index contributed by atoms with van der Waals surface area (Å²) in [6.45, 7) is 0. The van der Waals surface area contributed by atoms with Crippen molar-refractivity contribution in [3.05, 3.63) is 245 Å². The van der Waals surface area contributed by atoms with Gasteiger partial charge in [0.25, 0.3) is 0 Å². The summed E-state index contributed by atoms with van der Waals surface area (Å²) in [6.07, 6.45) is 0. The van der Waals surface area contributed by atoms with Crippen LogP contribution in [0.25, 0.3) is 56.4 Å². The van der Waals surface area contributed by atoms with Crippen LogP contribution in [0.1, 0.15) is 44.5 Å². The zero-order chi connectivity index (χ0) is 36.8. The molecule has 1 heterocycles. The van der Waals surface area contributed by atoms with Crippen molar-refractivity contribution in [2.45, 2.75) is 10.8 Å². The molecule has 0 radical (unpaired) electrons. The second kappa shape index (κ2) is 11.6. The quantitative estimate of drug-likeness (QED) is 0.183. The van der Waals surface area contributed by atoms with Gasteiger partial charge in [-0.25, -0.2) is 15.0 Å². The van der Waals surface area contributed by atoms with Gasteiger partial charge in [0.15, 0.2) is 17.5 Å². The van der Waals surface area contributed by atoms with Gasteiger partial charge in [-0.2, -0.15) is 0 Å². The highest BCUT2D eigenvalue weighted by molar-refractivity contribution is 5.94. The second-order valence-corrected chi connectivity index (χ2v) is 15.0. The minimum atomic E-state index is -0.593. The molecule has 0 bridgehead atoms. The number of benzene rings is 8. The second-order valence-electron chi connectivity index (χ2n) is 15.0. The third-order valence-corrected chi connectivity index (χ3v) is 12.4. The summed E-state index contributed by atoms with van der Waals surface area (Å²) in [5.74, 6) is 1.95. The molecule has 3 heteroatoms. The molecule has 0 unspecified atom stereocenters. The van der Waals surface area contributed by atoms with Gasteiger partial charge in [-0.05, 0) is 72.8 Å². The molecule has 12 rings (SSSR count). The predicted molar refractivity (Wildman–Crippen MR) is 224 cm³/mol. The Morgan fingerprint density at radius 3 is 0.946 bits per heavy atom. The van der Waals surface area contributed by atoms with E-state index in [1.807, 2.05) is 36.4 Å². The zero-order valence-corrected chi connectivity index (χ0v) is 30.4. The van der Waals surface area contributed by atoms with E-state index in [0.717, 1.165) is 16.7 Å². The van der Waals surface area contributed by atoms with E-state index >= 15 is 0 Å². The maximum absolute atomic E-state index is 5.23. The first-order valence-corrected chi connectivity index (χ1v) is 19.3. The lowest BCUT2D eigenvalue weighted by molar-refractivity contribution is 0.633. The largest absolute Gasteiger partial charge is 0.208 e. The summed E-state index contributed by atoms with van der Waals surface area (Å²) in [6, 6.07) is 72.8. The maximum atomic E-state index is 5.23.